The first-order valence-electron chi connectivity index (χ1n) is 3.26. The van der Waals surface area contributed by atoms with Crippen LogP contribution in [0.1, 0.15) is 27.7 Å². The maximum Gasteiger partial charge on any atom is 0.308 e. The van der Waals surface area contributed by atoms with Crippen molar-refractivity contribution in [3.63, 3.8) is 0 Å². The smallest absolute Gasteiger partial charge is 0.308 e. The number of carbonyl (C=O) groups is 1. The van der Waals surface area contributed by atoms with Gasteiger partial charge in [0.1, 0.15) is 0 Å². The van der Waals surface area contributed by atoms with E-state index in [0.717, 1.165) is 0 Å². The third-order valence-electron chi connectivity index (χ3n) is 0.673. The molecule has 0 N–H and O–H groups in total. The van der Waals surface area contributed by atoms with Gasteiger partial charge >= 0.3 is 5.97 Å². The van der Waals surface area contributed by atoms with Crippen LogP contribution in [0.3, 0.4) is 0 Å². The topological polar surface area (TPSA) is 26.3 Å². The molecule has 0 spiro atoms. The Kier molecular flexibility index (Phi) is 9.37. The van der Waals surface area contributed by atoms with Crippen LogP contribution in [-0.2, 0) is 9.53 Å². The third-order valence-corrected chi connectivity index (χ3v) is 0.673. The van der Waals surface area contributed by atoms with Crippen LogP contribution in [-0.4, -0.2) is 13.1 Å². The first-order chi connectivity index (χ1) is 4.18. The molecule has 0 aromatic heterocycles. The Bertz CT molecular complexity index is 67.3. The quantitative estimate of drug-likeness (QED) is 0.509. The highest BCUT2D eigenvalue weighted by atomic mass is 16.5. The summed E-state index contributed by atoms with van der Waals surface area (Å²) in [6.45, 7) is 7.59. The highest BCUT2D eigenvalue weighted by Gasteiger charge is 2.03. The van der Waals surface area contributed by atoms with E-state index in [-0.39, 0.29) is 11.9 Å². The largest absolute Gasteiger partial charge is 0.469 e. The van der Waals surface area contributed by atoms with Gasteiger partial charge < -0.3 is 4.74 Å². The number of ether oxygens (including phenoxy) is 1. The standard InChI is InChI=1S/C5H10O2.C2H6/c1-4(2)5(6)7-3;1-2/h4H,1-3H3;1-2H3. The van der Waals surface area contributed by atoms with E-state index in [2.05, 4.69) is 4.74 Å². The number of hydrogen-bond acceptors (Lipinski definition) is 2. The van der Waals surface area contributed by atoms with E-state index < -0.39 is 0 Å². The zero-order valence-corrected chi connectivity index (χ0v) is 6.89. The van der Waals surface area contributed by atoms with E-state index in [1.165, 1.54) is 7.11 Å². The van der Waals surface area contributed by atoms with Crippen molar-refractivity contribution in [2.45, 2.75) is 27.7 Å². The van der Waals surface area contributed by atoms with Crippen molar-refractivity contribution in [2.75, 3.05) is 7.11 Å². The average Bonchev–Trinajstić information content (AvgIpc) is 1.91. The maximum atomic E-state index is 10.3. The van der Waals surface area contributed by atoms with Crippen molar-refractivity contribution in [1.82, 2.24) is 0 Å². The normalized spacial score (nSPS) is 7.78. The molecular weight excluding hydrogens is 116 g/mol. The van der Waals surface area contributed by atoms with Gasteiger partial charge in [0.2, 0.25) is 0 Å². The summed E-state index contributed by atoms with van der Waals surface area (Å²) >= 11 is 0. The Hall–Kier alpha value is -0.530. The van der Waals surface area contributed by atoms with Gasteiger partial charge in [-0.3, -0.25) is 4.79 Å². The molecule has 0 amide bonds. The highest BCUT2D eigenvalue weighted by Crippen LogP contribution is 1.91. The van der Waals surface area contributed by atoms with Crippen molar-refractivity contribution in [3.8, 4) is 0 Å². The van der Waals surface area contributed by atoms with Crippen molar-refractivity contribution in [2.24, 2.45) is 5.92 Å². The lowest BCUT2D eigenvalue weighted by Crippen LogP contribution is -2.07. The van der Waals surface area contributed by atoms with Crippen LogP contribution in [0, 0.1) is 5.92 Å². The SMILES string of the molecule is CC.COC(=O)C(C)C. The number of hydrogen-bond donors (Lipinski definition) is 0. The molecule has 0 aliphatic heterocycles. The Labute approximate surface area is 57.2 Å². The van der Waals surface area contributed by atoms with Crippen molar-refractivity contribution >= 4 is 5.97 Å². The molecule has 0 saturated heterocycles. The summed E-state index contributed by atoms with van der Waals surface area (Å²) in [5.41, 5.74) is 0. The zero-order valence-electron chi connectivity index (χ0n) is 6.89. The lowest BCUT2D eigenvalue weighted by Gasteiger charge is -1.97. The van der Waals surface area contributed by atoms with Gasteiger partial charge in [0.25, 0.3) is 0 Å². The maximum absolute atomic E-state index is 10.3. The van der Waals surface area contributed by atoms with E-state index in [4.69, 9.17) is 0 Å². The molecule has 0 unspecified atom stereocenters. The van der Waals surface area contributed by atoms with Crippen molar-refractivity contribution in [3.05, 3.63) is 0 Å². The van der Waals surface area contributed by atoms with Crippen LogP contribution in [0.15, 0.2) is 0 Å². The molecule has 2 nitrogen and oxygen atoms in total. The van der Waals surface area contributed by atoms with Crippen molar-refractivity contribution in [1.29, 1.82) is 0 Å². The predicted molar refractivity (Wildman–Crippen MR) is 38.2 cm³/mol. The van der Waals surface area contributed by atoms with Crippen LogP contribution in [0.4, 0.5) is 0 Å². The van der Waals surface area contributed by atoms with Gasteiger partial charge in [-0.2, -0.15) is 0 Å². The molecule has 0 bridgehead atoms. The van der Waals surface area contributed by atoms with Gasteiger partial charge in [-0.25, -0.2) is 0 Å². The number of carbonyl (C=O) groups excluding carboxylic acids is 1. The Balaban J connectivity index is 0. The van der Waals surface area contributed by atoms with Gasteiger partial charge in [-0.1, -0.05) is 27.7 Å². The molecule has 0 saturated carbocycles. The van der Waals surface area contributed by atoms with E-state index in [0.29, 0.717) is 0 Å². The van der Waals surface area contributed by atoms with E-state index >= 15 is 0 Å². The fourth-order valence-electron chi connectivity index (χ4n) is 0.236. The Morgan fingerprint density at radius 2 is 1.67 bits per heavy atom. The fraction of sp³-hybridized carbons (Fsp3) is 0.857. The van der Waals surface area contributed by atoms with Crippen LogP contribution in [0.2, 0.25) is 0 Å². The van der Waals surface area contributed by atoms with Gasteiger partial charge in [0.15, 0.2) is 0 Å². The molecule has 56 valence electrons. The van der Waals surface area contributed by atoms with Crippen LogP contribution in [0.25, 0.3) is 0 Å². The summed E-state index contributed by atoms with van der Waals surface area (Å²) in [6, 6.07) is 0. The molecule has 0 atom stereocenters. The molecule has 0 radical (unpaired) electrons. The van der Waals surface area contributed by atoms with Crippen LogP contribution in [0.5, 0.6) is 0 Å². The lowest BCUT2D eigenvalue weighted by molar-refractivity contribution is -0.144. The fourth-order valence-corrected chi connectivity index (χ4v) is 0.236. The monoisotopic (exact) mass is 132 g/mol. The summed E-state index contributed by atoms with van der Waals surface area (Å²) in [5, 5.41) is 0. The summed E-state index contributed by atoms with van der Waals surface area (Å²) in [7, 11) is 1.39. The molecule has 0 rings (SSSR count). The average molecular weight is 132 g/mol. The molecule has 0 fully saturated rings. The van der Waals surface area contributed by atoms with Gasteiger partial charge in [-0.05, 0) is 0 Å². The molecule has 0 aromatic carbocycles. The van der Waals surface area contributed by atoms with Crippen LogP contribution < -0.4 is 0 Å². The third kappa shape index (κ3) is 7.47. The second-order valence-electron chi connectivity index (χ2n) is 1.68. The zero-order chi connectivity index (χ0) is 7.86. The molecule has 0 aliphatic rings. The van der Waals surface area contributed by atoms with Gasteiger partial charge in [0, 0.05) is 0 Å². The summed E-state index contributed by atoms with van der Waals surface area (Å²) in [6.07, 6.45) is 0. The minimum Gasteiger partial charge on any atom is -0.469 e. The van der Waals surface area contributed by atoms with E-state index in [9.17, 15) is 4.79 Å². The first-order valence-corrected chi connectivity index (χ1v) is 3.26. The second kappa shape index (κ2) is 7.47. The Morgan fingerprint density at radius 1 is 1.33 bits per heavy atom. The van der Waals surface area contributed by atoms with Gasteiger partial charge in [0.05, 0.1) is 13.0 Å². The molecule has 9 heavy (non-hydrogen) atoms. The summed E-state index contributed by atoms with van der Waals surface area (Å²) in [4.78, 5) is 10.3. The summed E-state index contributed by atoms with van der Waals surface area (Å²) in [5.74, 6) is -0.148. The lowest BCUT2D eigenvalue weighted by atomic mass is 10.2. The first kappa shape index (κ1) is 11.3. The molecule has 2 heteroatoms. The van der Waals surface area contributed by atoms with E-state index in [1.54, 1.807) is 13.8 Å². The molecule has 0 aliphatic carbocycles. The predicted octanol–water partition coefficient (Wildman–Crippen LogP) is 1.84. The van der Waals surface area contributed by atoms with Crippen LogP contribution >= 0.6 is 0 Å². The minimum absolute atomic E-state index is 0.00463. The van der Waals surface area contributed by atoms with Gasteiger partial charge in [-0.15, -0.1) is 0 Å². The highest BCUT2D eigenvalue weighted by molar-refractivity contribution is 5.71. The number of esters is 1. The Morgan fingerprint density at radius 3 is 1.67 bits per heavy atom. The molecule has 0 aromatic rings. The van der Waals surface area contributed by atoms with Crippen molar-refractivity contribution < 1.29 is 9.53 Å². The summed E-state index contributed by atoms with van der Waals surface area (Å²) < 4.78 is 4.37. The molecule has 0 heterocycles. The second-order valence-corrected chi connectivity index (χ2v) is 1.68. The molecular formula is C7H16O2. The number of methoxy groups -OCH3 is 1. The number of rotatable bonds is 1. The minimum atomic E-state index is -0.153. The van der Waals surface area contributed by atoms with E-state index in [1.807, 2.05) is 13.8 Å².